The smallest absolute Gasteiger partial charge is 0.265 e. The Labute approximate surface area is 178 Å². The summed E-state index contributed by atoms with van der Waals surface area (Å²) in [7, 11) is 1.65. The third-order valence-corrected chi connectivity index (χ3v) is 5.71. The molecule has 0 N–H and O–H groups in total. The fourth-order valence-electron chi connectivity index (χ4n) is 4.08. The average molecular weight is 411 g/mol. The number of methoxy groups -OCH3 is 1. The Morgan fingerprint density at radius 2 is 1.77 bits per heavy atom. The maximum Gasteiger partial charge on any atom is 0.265 e. The Bertz CT molecular complexity index is 833. The molecule has 1 amide bonds. The van der Waals surface area contributed by atoms with Crippen LogP contribution in [-0.4, -0.2) is 56.8 Å². The van der Waals surface area contributed by atoms with Gasteiger partial charge in [0.2, 0.25) is 0 Å². The first-order valence-electron chi connectivity index (χ1n) is 10.8. The van der Waals surface area contributed by atoms with Crippen molar-refractivity contribution in [1.82, 2.24) is 4.90 Å². The van der Waals surface area contributed by atoms with Crippen molar-refractivity contribution in [2.75, 3.05) is 44.8 Å². The minimum Gasteiger partial charge on any atom is -0.497 e. The number of benzene rings is 2. The van der Waals surface area contributed by atoms with Gasteiger partial charge in [0.25, 0.3) is 5.91 Å². The van der Waals surface area contributed by atoms with Crippen molar-refractivity contribution in [1.29, 1.82) is 0 Å². The van der Waals surface area contributed by atoms with Gasteiger partial charge in [0.15, 0.2) is 6.10 Å². The van der Waals surface area contributed by atoms with Crippen molar-refractivity contribution in [2.24, 2.45) is 0 Å². The number of para-hydroxylation sites is 2. The van der Waals surface area contributed by atoms with Crippen LogP contribution in [0, 0.1) is 0 Å². The van der Waals surface area contributed by atoms with Crippen molar-refractivity contribution in [3.05, 3.63) is 48.5 Å². The zero-order chi connectivity index (χ0) is 20.8. The number of amides is 1. The van der Waals surface area contributed by atoms with Crippen LogP contribution in [0.1, 0.15) is 25.7 Å². The topological polar surface area (TPSA) is 51.2 Å². The molecule has 2 aliphatic rings. The highest BCUT2D eigenvalue weighted by atomic mass is 16.5. The summed E-state index contributed by atoms with van der Waals surface area (Å²) < 4.78 is 17.1. The van der Waals surface area contributed by atoms with Crippen molar-refractivity contribution < 1.29 is 19.0 Å². The van der Waals surface area contributed by atoms with Gasteiger partial charge in [0, 0.05) is 19.6 Å². The number of hydrogen-bond acceptors (Lipinski definition) is 5. The first-order valence-corrected chi connectivity index (χ1v) is 10.8. The van der Waals surface area contributed by atoms with Crippen LogP contribution < -0.4 is 19.1 Å². The molecule has 0 aromatic heterocycles. The van der Waals surface area contributed by atoms with Gasteiger partial charge in [-0.3, -0.25) is 4.79 Å². The van der Waals surface area contributed by atoms with E-state index in [0.717, 1.165) is 61.8 Å². The molecule has 0 radical (unpaired) electrons. The molecule has 30 heavy (non-hydrogen) atoms. The second-order valence-electron chi connectivity index (χ2n) is 7.78. The molecule has 2 aliphatic heterocycles. The second kappa shape index (κ2) is 9.74. The lowest BCUT2D eigenvalue weighted by atomic mass is 10.1. The highest BCUT2D eigenvalue weighted by molar-refractivity contribution is 5.83. The second-order valence-corrected chi connectivity index (χ2v) is 7.78. The number of carbonyl (C=O) groups is 1. The van der Waals surface area contributed by atoms with Gasteiger partial charge in [-0.25, -0.2) is 0 Å². The molecule has 2 aromatic carbocycles. The van der Waals surface area contributed by atoms with E-state index in [2.05, 4.69) is 11.0 Å². The quantitative estimate of drug-likeness (QED) is 0.651. The number of fused-ring (bicyclic) bond motifs is 1. The summed E-state index contributed by atoms with van der Waals surface area (Å²) in [6.45, 7) is 3.68. The van der Waals surface area contributed by atoms with E-state index in [4.69, 9.17) is 14.2 Å². The SMILES string of the molecule is COc1ccc(OCCCN2CC(C(=O)N3CCCCC3)Oc3ccccc32)cc1. The molecule has 6 nitrogen and oxygen atoms in total. The van der Waals surface area contributed by atoms with E-state index < -0.39 is 6.10 Å². The Hall–Kier alpha value is -2.89. The van der Waals surface area contributed by atoms with Gasteiger partial charge < -0.3 is 24.0 Å². The maximum atomic E-state index is 13.0. The lowest BCUT2D eigenvalue weighted by molar-refractivity contribution is -0.139. The summed E-state index contributed by atoms with van der Waals surface area (Å²) in [5, 5.41) is 0. The van der Waals surface area contributed by atoms with Gasteiger partial charge >= 0.3 is 0 Å². The Balaban J connectivity index is 1.35. The van der Waals surface area contributed by atoms with Gasteiger partial charge in [-0.2, -0.15) is 0 Å². The maximum absolute atomic E-state index is 13.0. The standard InChI is InChI=1S/C24H30N2O4/c1-28-19-10-12-20(13-11-19)29-17-7-16-26-18-23(24(27)25-14-5-2-6-15-25)30-22-9-4-3-8-21(22)26/h3-4,8-13,23H,2,5-7,14-18H2,1H3. The number of rotatable bonds is 7. The Morgan fingerprint density at radius 1 is 1.03 bits per heavy atom. The molecule has 160 valence electrons. The third kappa shape index (κ3) is 4.81. The largest absolute Gasteiger partial charge is 0.497 e. The first-order chi connectivity index (χ1) is 14.7. The summed E-state index contributed by atoms with van der Waals surface area (Å²) >= 11 is 0. The number of ether oxygens (including phenoxy) is 3. The van der Waals surface area contributed by atoms with Crippen LogP contribution in [0.3, 0.4) is 0 Å². The normalized spacial score (nSPS) is 18.4. The van der Waals surface area contributed by atoms with E-state index in [1.165, 1.54) is 6.42 Å². The zero-order valence-electron chi connectivity index (χ0n) is 17.6. The van der Waals surface area contributed by atoms with Crippen LogP contribution in [0.25, 0.3) is 0 Å². The fraction of sp³-hybridized carbons (Fsp3) is 0.458. The van der Waals surface area contributed by atoms with Crippen molar-refractivity contribution >= 4 is 11.6 Å². The molecule has 2 aromatic rings. The average Bonchev–Trinajstić information content (AvgIpc) is 2.82. The van der Waals surface area contributed by atoms with Crippen LogP contribution in [-0.2, 0) is 4.79 Å². The van der Waals surface area contributed by atoms with Crippen LogP contribution >= 0.6 is 0 Å². The molecule has 1 unspecified atom stereocenters. The molecule has 0 saturated carbocycles. The number of anilines is 1. The number of nitrogens with zero attached hydrogens (tertiary/aromatic N) is 2. The fourth-order valence-corrected chi connectivity index (χ4v) is 4.08. The third-order valence-electron chi connectivity index (χ3n) is 5.71. The molecule has 4 rings (SSSR count). The molecule has 2 heterocycles. The van der Waals surface area contributed by atoms with Crippen LogP contribution in [0.5, 0.6) is 17.2 Å². The van der Waals surface area contributed by atoms with Crippen LogP contribution in [0.15, 0.2) is 48.5 Å². The van der Waals surface area contributed by atoms with Crippen LogP contribution in [0.2, 0.25) is 0 Å². The monoisotopic (exact) mass is 410 g/mol. The molecule has 0 spiro atoms. The molecule has 0 aliphatic carbocycles. The molecule has 1 saturated heterocycles. The van der Waals surface area contributed by atoms with E-state index in [1.807, 2.05) is 47.4 Å². The number of carbonyl (C=O) groups excluding carboxylic acids is 1. The lowest BCUT2D eigenvalue weighted by Crippen LogP contribution is -2.51. The predicted octanol–water partition coefficient (Wildman–Crippen LogP) is 3.74. The number of piperidine rings is 1. The minimum atomic E-state index is -0.444. The summed E-state index contributed by atoms with van der Waals surface area (Å²) in [4.78, 5) is 17.2. The summed E-state index contributed by atoms with van der Waals surface area (Å²) in [5.41, 5.74) is 1.05. The summed E-state index contributed by atoms with van der Waals surface area (Å²) in [6.07, 6.45) is 3.78. The Kier molecular flexibility index (Phi) is 6.62. The number of likely N-dealkylation sites (tertiary alicyclic amines) is 1. The molecule has 1 atom stereocenters. The van der Waals surface area contributed by atoms with E-state index in [-0.39, 0.29) is 5.91 Å². The summed E-state index contributed by atoms with van der Waals surface area (Å²) in [6, 6.07) is 15.6. The van der Waals surface area contributed by atoms with E-state index in [0.29, 0.717) is 13.2 Å². The molecular formula is C24H30N2O4. The zero-order valence-corrected chi connectivity index (χ0v) is 17.6. The Morgan fingerprint density at radius 3 is 2.53 bits per heavy atom. The molecular weight excluding hydrogens is 380 g/mol. The molecule has 6 heteroatoms. The highest BCUT2D eigenvalue weighted by Gasteiger charge is 2.33. The van der Waals surface area contributed by atoms with Gasteiger partial charge in [0.1, 0.15) is 17.2 Å². The van der Waals surface area contributed by atoms with E-state index in [1.54, 1.807) is 7.11 Å². The first kappa shape index (κ1) is 20.4. The van der Waals surface area contributed by atoms with Gasteiger partial charge in [0.05, 0.1) is 25.9 Å². The van der Waals surface area contributed by atoms with E-state index >= 15 is 0 Å². The van der Waals surface area contributed by atoms with Gasteiger partial charge in [-0.05, 0) is 62.1 Å². The van der Waals surface area contributed by atoms with Crippen molar-refractivity contribution in [3.63, 3.8) is 0 Å². The van der Waals surface area contributed by atoms with Crippen molar-refractivity contribution in [3.8, 4) is 17.2 Å². The summed E-state index contributed by atoms with van der Waals surface area (Å²) in [5.74, 6) is 2.55. The number of hydrogen-bond donors (Lipinski definition) is 0. The highest BCUT2D eigenvalue weighted by Crippen LogP contribution is 2.33. The van der Waals surface area contributed by atoms with Gasteiger partial charge in [-0.15, -0.1) is 0 Å². The van der Waals surface area contributed by atoms with E-state index in [9.17, 15) is 4.79 Å². The van der Waals surface area contributed by atoms with Crippen LogP contribution in [0.4, 0.5) is 5.69 Å². The lowest BCUT2D eigenvalue weighted by Gasteiger charge is -2.38. The van der Waals surface area contributed by atoms with Crippen molar-refractivity contribution in [2.45, 2.75) is 31.8 Å². The predicted molar refractivity (Wildman–Crippen MR) is 117 cm³/mol. The molecule has 0 bridgehead atoms. The molecule has 1 fully saturated rings. The minimum absolute atomic E-state index is 0.115. The van der Waals surface area contributed by atoms with Gasteiger partial charge in [-0.1, -0.05) is 12.1 Å².